The van der Waals surface area contributed by atoms with E-state index in [2.05, 4.69) is 25.6 Å². The lowest BCUT2D eigenvalue weighted by molar-refractivity contribution is 0.102. The number of pyridine rings is 1. The molecule has 1 amide bonds. The van der Waals surface area contributed by atoms with Crippen LogP contribution in [-0.4, -0.2) is 25.4 Å². The highest BCUT2D eigenvalue weighted by Crippen LogP contribution is 2.23. The van der Waals surface area contributed by atoms with Gasteiger partial charge in [0.05, 0.1) is 5.69 Å². The van der Waals surface area contributed by atoms with Crippen molar-refractivity contribution in [3.63, 3.8) is 0 Å². The zero-order chi connectivity index (χ0) is 23.3. The normalized spacial score (nSPS) is 10.6. The standard InChI is InChI=1S/C27H22N6O/c1-19-9-10-20(26(34)30-22-7-4-8-23(17-22)33-14-2-3-15-33)16-25(19)32-27-29-13-11-24(31-27)21-6-5-12-28-18-21/h2-18H,1H3,(H,30,34)(H,29,31,32). The Morgan fingerprint density at radius 3 is 2.62 bits per heavy atom. The van der Waals surface area contributed by atoms with Crippen molar-refractivity contribution in [3.8, 4) is 16.9 Å². The molecule has 34 heavy (non-hydrogen) atoms. The van der Waals surface area contributed by atoms with E-state index in [4.69, 9.17) is 0 Å². The summed E-state index contributed by atoms with van der Waals surface area (Å²) in [6.45, 7) is 1.97. The Morgan fingerprint density at radius 2 is 1.79 bits per heavy atom. The van der Waals surface area contributed by atoms with Crippen LogP contribution in [0.5, 0.6) is 0 Å². The molecular weight excluding hydrogens is 424 g/mol. The Hall–Kier alpha value is -4.78. The molecule has 2 aromatic carbocycles. The third-order valence-corrected chi connectivity index (χ3v) is 5.37. The van der Waals surface area contributed by atoms with E-state index in [0.717, 1.165) is 33.9 Å². The van der Waals surface area contributed by atoms with Gasteiger partial charge in [0, 0.05) is 59.2 Å². The molecule has 5 aromatic rings. The number of rotatable bonds is 6. The number of aryl methyl sites for hydroxylation is 1. The van der Waals surface area contributed by atoms with Crippen molar-refractivity contribution in [1.29, 1.82) is 0 Å². The molecule has 2 N–H and O–H groups in total. The lowest BCUT2D eigenvalue weighted by Gasteiger charge is -2.12. The minimum atomic E-state index is -0.197. The second-order valence-corrected chi connectivity index (χ2v) is 7.76. The molecule has 0 spiro atoms. The number of amides is 1. The van der Waals surface area contributed by atoms with Crippen LogP contribution in [0.25, 0.3) is 16.9 Å². The van der Waals surface area contributed by atoms with Crippen LogP contribution in [0.15, 0.2) is 104 Å². The van der Waals surface area contributed by atoms with Crippen molar-refractivity contribution in [2.45, 2.75) is 6.92 Å². The second-order valence-electron chi connectivity index (χ2n) is 7.76. The Kier molecular flexibility index (Phi) is 5.82. The van der Waals surface area contributed by atoms with Crippen LogP contribution in [0.3, 0.4) is 0 Å². The third kappa shape index (κ3) is 4.68. The zero-order valence-corrected chi connectivity index (χ0v) is 18.5. The zero-order valence-electron chi connectivity index (χ0n) is 18.5. The summed E-state index contributed by atoms with van der Waals surface area (Å²) in [7, 11) is 0. The van der Waals surface area contributed by atoms with Gasteiger partial charge in [0.2, 0.25) is 5.95 Å². The highest BCUT2D eigenvalue weighted by Gasteiger charge is 2.11. The minimum Gasteiger partial charge on any atom is -0.324 e. The first-order valence-corrected chi connectivity index (χ1v) is 10.8. The van der Waals surface area contributed by atoms with Crippen molar-refractivity contribution < 1.29 is 4.79 Å². The lowest BCUT2D eigenvalue weighted by Crippen LogP contribution is -2.12. The SMILES string of the molecule is Cc1ccc(C(=O)Nc2cccc(-n3cccc3)c2)cc1Nc1nccc(-c2cccnc2)n1. The van der Waals surface area contributed by atoms with Gasteiger partial charge in [-0.3, -0.25) is 9.78 Å². The maximum absolute atomic E-state index is 13.0. The number of carbonyl (C=O) groups is 1. The molecule has 5 rings (SSSR count). The van der Waals surface area contributed by atoms with Crippen LogP contribution < -0.4 is 10.6 Å². The monoisotopic (exact) mass is 446 g/mol. The predicted octanol–water partition coefficient (Wildman–Crippen LogP) is 5.63. The van der Waals surface area contributed by atoms with Crippen molar-refractivity contribution >= 4 is 23.2 Å². The number of anilines is 3. The molecule has 0 unspecified atom stereocenters. The van der Waals surface area contributed by atoms with Gasteiger partial charge in [0.1, 0.15) is 0 Å². The van der Waals surface area contributed by atoms with E-state index < -0.39 is 0 Å². The molecule has 0 saturated heterocycles. The van der Waals surface area contributed by atoms with Crippen LogP contribution in [0.2, 0.25) is 0 Å². The van der Waals surface area contributed by atoms with Crippen LogP contribution >= 0.6 is 0 Å². The summed E-state index contributed by atoms with van der Waals surface area (Å²) >= 11 is 0. The molecule has 0 bridgehead atoms. The number of benzene rings is 2. The minimum absolute atomic E-state index is 0.197. The summed E-state index contributed by atoms with van der Waals surface area (Å²) in [5.74, 6) is 0.249. The summed E-state index contributed by atoms with van der Waals surface area (Å²) in [5, 5.41) is 6.23. The molecule has 3 aromatic heterocycles. The molecule has 0 aliphatic heterocycles. The molecule has 0 saturated carbocycles. The van der Waals surface area contributed by atoms with Gasteiger partial charge >= 0.3 is 0 Å². The van der Waals surface area contributed by atoms with Gasteiger partial charge in [-0.15, -0.1) is 0 Å². The fraction of sp³-hybridized carbons (Fsp3) is 0.0370. The maximum Gasteiger partial charge on any atom is 0.255 e. The van der Waals surface area contributed by atoms with E-state index in [-0.39, 0.29) is 5.91 Å². The highest BCUT2D eigenvalue weighted by atomic mass is 16.1. The first kappa shape index (κ1) is 21.1. The van der Waals surface area contributed by atoms with Gasteiger partial charge in [0.25, 0.3) is 5.91 Å². The van der Waals surface area contributed by atoms with Gasteiger partial charge in [0.15, 0.2) is 0 Å². The van der Waals surface area contributed by atoms with Gasteiger partial charge in [-0.25, -0.2) is 9.97 Å². The molecule has 0 aliphatic carbocycles. The quantitative estimate of drug-likeness (QED) is 0.353. The number of carbonyl (C=O) groups excluding carboxylic acids is 1. The Labute approximate surface area is 197 Å². The van der Waals surface area contributed by atoms with Gasteiger partial charge in [-0.1, -0.05) is 12.1 Å². The molecule has 166 valence electrons. The average Bonchev–Trinajstić information content (AvgIpc) is 3.41. The summed E-state index contributed by atoms with van der Waals surface area (Å²) in [4.78, 5) is 26.1. The first-order valence-electron chi connectivity index (χ1n) is 10.8. The van der Waals surface area contributed by atoms with Crippen molar-refractivity contribution in [2.75, 3.05) is 10.6 Å². The third-order valence-electron chi connectivity index (χ3n) is 5.37. The first-order chi connectivity index (χ1) is 16.7. The molecule has 0 aliphatic rings. The summed E-state index contributed by atoms with van der Waals surface area (Å²) in [6.07, 6.45) is 9.10. The number of hydrogen-bond acceptors (Lipinski definition) is 5. The molecular formula is C27H22N6O. The van der Waals surface area contributed by atoms with Crippen molar-refractivity contribution in [2.24, 2.45) is 0 Å². The van der Waals surface area contributed by atoms with Gasteiger partial charge < -0.3 is 15.2 Å². The maximum atomic E-state index is 13.0. The highest BCUT2D eigenvalue weighted by molar-refractivity contribution is 6.05. The van der Waals surface area contributed by atoms with Crippen molar-refractivity contribution in [1.82, 2.24) is 19.5 Å². The lowest BCUT2D eigenvalue weighted by atomic mass is 10.1. The van der Waals surface area contributed by atoms with E-state index in [0.29, 0.717) is 11.5 Å². The number of aromatic nitrogens is 4. The van der Waals surface area contributed by atoms with Crippen LogP contribution in [0, 0.1) is 6.92 Å². The molecule has 0 radical (unpaired) electrons. The Morgan fingerprint density at radius 1 is 0.912 bits per heavy atom. The van der Waals surface area contributed by atoms with Crippen LogP contribution in [0.4, 0.5) is 17.3 Å². The summed E-state index contributed by atoms with van der Waals surface area (Å²) in [5.41, 5.74) is 5.62. The van der Waals surface area contributed by atoms with Crippen LogP contribution in [-0.2, 0) is 0 Å². The van der Waals surface area contributed by atoms with E-state index in [1.807, 2.05) is 84.5 Å². The van der Waals surface area contributed by atoms with E-state index in [9.17, 15) is 4.79 Å². The number of nitrogens with one attached hydrogen (secondary N) is 2. The molecule has 7 heteroatoms. The van der Waals surface area contributed by atoms with Gasteiger partial charge in [-0.2, -0.15) is 0 Å². The summed E-state index contributed by atoms with van der Waals surface area (Å²) in [6, 6.07) is 22.8. The molecule has 0 fully saturated rings. The second kappa shape index (κ2) is 9.38. The fourth-order valence-corrected chi connectivity index (χ4v) is 3.57. The Bertz CT molecular complexity index is 1430. The fourth-order valence-electron chi connectivity index (χ4n) is 3.57. The van der Waals surface area contributed by atoms with E-state index >= 15 is 0 Å². The van der Waals surface area contributed by atoms with Crippen molar-refractivity contribution in [3.05, 3.63) is 115 Å². The molecule has 0 atom stereocenters. The average molecular weight is 447 g/mol. The Balaban J connectivity index is 1.35. The largest absolute Gasteiger partial charge is 0.324 e. The molecule has 7 nitrogen and oxygen atoms in total. The van der Waals surface area contributed by atoms with E-state index in [1.54, 1.807) is 30.7 Å². The molecule has 3 heterocycles. The summed E-state index contributed by atoms with van der Waals surface area (Å²) < 4.78 is 1.99. The number of nitrogens with zero attached hydrogens (tertiary/aromatic N) is 4. The topological polar surface area (TPSA) is 84.7 Å². The number of hydrogen-bond donors (Lipinski definition) is 2. The smallest absolute Gasteiger partial charge is 0.255 e. The van der Waals surface area contributed by atoms with E-state index in [1.165, 1.54) is 0 Å². The predicted molar refractivity (Wildman–Crippen MR) is 133 cm³/mol. The van der Waals surface area contributed by atoms with Gasteiger partial charge in [-0.05, 0) is 73.2 Å². The van der Waals surface area contributed by atoms with Crippen LogP contribution in [0.1, 0.15) is 15.9 Å².